The van der Waals surface area contributed by atoms with Gasteiger partial charge in [0.25, 0.3) is 0 Å². The van der Waals surface area contributed by atoms with Crippen LogP contribution in [0, 0.1) is 18.3 Å². The van der Waals surface area contributed by atoms with Crippen LogP contribution in [0.4, 0.5) is 0 Å². The van der Waals surface area contributed by atoms with Gasteiger partial charge < -0.3 is 10.4 Å². The quantitative estimate of drug-likeness (QED) is 0.599. The number of nitrogens with one attached hydrogen (secondary N) is 1. The van der Waals surface area contributed by atoms with Gasteiger partial charge in [-0.2, -0.15) is 0 Å². The first-order chi connectivity index (χ1) is 6.15. The van der Waals surface area contributed by atoms with Crippen molar-refractivity contribution in [3.63, 3.8) is 0 Å². The first kappa shape index (κ1) is 9.59. The zero-order chi connectivity index (χ0) is 9.84. The largest absolute Gasteiger partial charge is 0.480 e. The predicted octanol–water partition coefficient (Wildman–Crippen LogP) is -0.0109. The van der Waals surface area contributed by atoms with E-state index in [1.165, 1.54) is 0 Å². The molecule has 0 heterocycles. The first-order valence-electron chi connectivity index (χ1n) is 4.10. The zero-order valence-corrected chi connectivity index (χ0v) is 7.12. The number of carboxylic acid groups (broad SMARTS) is 1. The van der Waals surface area contributed by atoms with Crippen LogP contribution in [-0.4, -0.2) is 23.0 Å². The van der Waals surface area contributed by atoms with Crippen molar-refractivity contribution >= 4 is 11.9 Å². The number of rotatable bonds is 4. The maximum atomic E-state index is 11.0. The van der Waals surface area contributed by atoms with E-state index in [1.54, 1.807) is 0 Å². The predicted molar refractivity (Wildman–Crippen MR) is 45.7 cm³/mol. The van der Waals surface area contributed by atoms with Gasteiger partial charge in [0.1, 0.15) is 6.04 Å². The molecule has 4 nitrogen and oxygen atoms in total. The van der Waals surface area contributed by atoms with Crippen molar-refractivity contribution in [2.24, 2.45) is 5.92 Å². The molecule has 1 aliphatic carbocycles. The van der Waals surface area contributed by atoms with Crippen molar-refractivity contribution in [3.8, 4) is 12.3 Å². The second-order valence-electron chi connectivity index (χ2n) is 3.10. The summed E-state index contributed by atoms with van der Waals surface area (Å²) in [7, 11) is 0. The van der Waals surface area contributed by atoms with Crippen LogP contribution >= 0.6 is 0 Å². The number of carboxylic acids is 1. The van der Waals surface area contributed by atoms with E-state index in [9.17, 15) is 9.59 Å². The molecule has 70 valence electrons. The third kappa shape index (κ3) is 2.79. The summed E-state index contributed by atoms with van der Waals surface area (Å²) in [4.78, 5) is 21.6. The lowest BCUT2D eigenvalue weighted by Gasteiger charge is -2.11. The van der Waals surface area contributed by atoms with Gasteiger partial charge in [-0.3, -0.25) is 4.79 Å². The molecule has 0 aromatic carbocycles. The lowest BCUT2D eigenvalue weighted by Crippen LogP contribution is -2.42. The average molecular weight is 181 g/mol. The molecule has 1 amide bonds. The summed E-state index contributed by atoms with van der Waals surface area (Å²) in [5, 5.41) is 11.1. The molecule has 0 aromatic heterocycles. The molecule has 1 aliphatic rings. The standard InChI is InChI=1S/C9H11NO3/c1-2-3-7(11)10-8(9(12)13)6-4-5-6/h1,6,8H,3-5H2,(H,10,11)(H,12,13). The summed E-state index contributed by atoms with van der Waals surface area (Å²) in [5.41, 5.74) is 0. The summed E-state index contributed by atoms with van der Waals surface area (Å²) in [6, 6.07) is -0.749. The summed E-state index contributed by atoms with van der Waals surface area (Å²) in [5.74, 6) is 0.897. The molecule has 1 atom stereocenters. The van der Waals surface area contributed by atoms with E-state index >= 15 is 0 Å². The molecule has 0 aromatic rings. The second-order valence-corrected chi connectivity index (χ2v) is 3.10. The number of carbonyl (C=O) groups is 2. The minimum Gasteiger partial charge on any atom is -0.480 e. The van der Waals surface area contributed by atoms with Crippen molar-refractivity contribution in [1.82, 2.24) is 5.32 Å². The van der Waals surface area contributed by atoms with Gasteiger partial charge >= 0.3 is 5.97 Å². The van der Waals surface area contributed by atoms with E-state index in [1.807, 2.05) is 0 Å². The van der Waals surface area contributed by atoms with Gasteiger partial charge in [0, 0.05) is 0 Å². The van der Waals surface area contributed by atoms with Crippen molar-refractivity contribution in [3.05, 3.63) is 0 Å². The van der Waals surface area contributed by atoms with Crippen LogP contribution in [0.5, 0.6) is 0 Å². The molecule has 1 rings (SSSR count). The fraction of sp³-hybridized carbons (Fsp3) is 0.556. The van der Waals surface area contributed by atoms with Crippen LogP contribution in [-0.2, 0) is 9.59 Å². The smallest absolute Gasteiger partial charge is 0.326 e. The van der Waals surface area contributed by atoms with Gasteiger partial charge in [-0.15, -0.1) is 6.42 Å². The van der Waals surface area contributed by atoms with Gasteiger partial charge in [-0.05, 0) is 18.8 Å². The third-order valence-corrected chi connectivity index (χ3v) is 1.94. The van der Waals surface area contributed by atoms with Crippen molar-refractivity contribution in [2.45, 2.75) is 25.3 Å². The second kappa shape index (κ2) is 3.94. The Kier molecular flexibility index (Phi) is 2.91. The molecule has 1 saturated carbocycles. The monoisotopic (exact) mass is 181 g/mol. The number of hydrogen-bond acceptors (Lipinski definition) is 2. The number of terminal acetylenes is 1. The number of aliphatic carboxylic acids is 1. The lowest BCUT2D eigenvalue weighted by atomic mass is 10.2. The van der Waals surface area contributed by atoms with E-state index in [0.29, 0.717) is 0 Å². The van der Waals surface area contributed by atoms with Crippen LogP contribution in [0.3, 0.4) is 0 Å². The topological polar surface area (TPSA) is 66.4 Å². The fourth-order valence-corrected chi connectivity index (χ4v) is 1.13. The normalized spacial score (nSPS) is 17.2. The van der Waals surface area contributed by atoms with Crippen LogP contribution in [0.25, 0.3) is 0 Å². The minimum atomic E-state index is -0.979. The highest BCUT2D eigenvalue weighted by Gasteiger charge is 2.36. The Morgan fingerprint density at radius 3 is 2.62 bits per heavy atom. The van der Waals surface area contributed by atoms with Crippen LogP contribution in [0.1, 0.15) is 19.3 Å². The van der Waals surface area contributed by atoms with Crippen molar-refractivity contribution < 1.29 is 14.7 Å². The SMILES string of the molecule is C#CCC(=O)NC(C(=O)O)C1CC1. The summed E-state index contributed by atoms with van der Waals surface area (Å²) in [6.45, 7) is 0. The molecule has 0 spiro atoms. The van der Waals surface area contributed by atoms with Crippen molar-refractivity contribution in [1.29, 1.82) is 0 Å². The van der Waals surface area contributed by atoms with Crippen LogP contribution < -0.4 is 5.32 Å². The molecule has 13 heavy (non-hydrogen) atoms. The Bertz CT molecular complexity index is 263. The van der Waals surface area contributed by atoms with E-state index in [0.717, 1.165) is 12.8 Å². The molecule has 2 N–H and O–H groups in total. The molecule has 0 bridgehead atoms. The molecule has 4 heteroatoms. The Balaban J connectivity index is 2.43. The fourth-order valence-electron chi connectivity index (χ4n) is 1.13. The molecular weight excluding hydrogens is 170 g/mol. The Labute approximate surface area is 76.3 Å². The molecular formula is C9H11NO3. The Morgan fingerprint density at radius 2 is 2.23 bits per heavy atom. The zero-order valence-electron chi connectivity index (χ0n) is 7.12. The Morgan fingerprint density at radius 1 is 1.62 bits per heavy atom. The number of carbonyl (C=O) groups excluding carboxylic acids is 1. The maximum absolute atomic E-state index is 11.0. The van der Waals surface area contributed by atoms with Gasteiger partial charge in [0.05, 0.1) is 6.42 Å². The van der Waals surface area contributed by atoms with Gasteiger partial charge in [-0.1, -0.05) is 5.92 Å². The molecule has 1 fully saturated rings. The maximum Gasteiger partial charge on any atom is 0.326 e. The van der Waals surface area contributed by atoms with Crippen LogP contribution in [0.15, 0.2) is 0 Å². The summed E-state index contributed by atoms with van der Waals surface area (Å²) >= 11 is 0. The lowest BCUT2D eigenvalue weighted by molar-refractivity contribution is -0.142. The van der Waals surface area contributed by atoms with E-state index in [2.05, 4.69) is 11.2 Å². The first-order valence-corrected chi connectivity index (χ1v) is 4.10. The third-order valence-electron chi connectivity index (χ3n) is 1.94. The van der Waals surface area contributed by atoms with Gasteiger partial charge in [0.15, 0.2) is 0 Å². The van der Waals surface area contributed by atoms with E-state index < -0.39 is 12.0 Å². The van der Waals surface area contributed by atoms with Crippen LogP contribution in [0.2, 0.25) is 0 Å². The molecule has 1 unspecified atom stereocenters. The number of amides is 1. The molecule has 0 radical (unpaired) electrons. The highest BCUT2D eigenvalue weighted by molar-refractivity contribution is 5.85. The van der Waals surface area contributed by atoms with Gasteiger partial charge in [-0.25, -0.2) is 4.79 Å². The summed E-state index contributed by atoms with van der Waals surface area (Å²) < 4.78 is 0. The Hall–Kier alpha value is -1.50. The van der Waals surface area contributed by atoms with E-state index in [4.69, 9.17) is 11.5 Å². The number of hydrogen-bond donors (Lipinski definition) is 2. The van der Waals surface area contributed by atoms with Gasteiger partial charge in [0.2, 0.25) is 5.91 Å². The summed E-state index contributed by atoms with van der Waals surface area (Å²) in [6.07, 6.45) is 6.59. The highest BCUT2D eigenvalue weighted by Crippen LogP contribution is 2.32. The molecule has 0 aliphatic heterocycles. The molecule has 0 saturated heterocycles. The average Bonchev–Trinajstić information content (AvgIpc) is 2.82. The van der Waals surface area contributed by atoms with E-state index in [-0.39, 0.29) is 18.2 Å². The highest BCUT2D eigenvalue weighted by atomic mass is 16.4. The van der Waals surface area contributed by atoms with Crippen molar-refractivity contribution in [2.75, 3.05) is 0 Å². The minimum absolute atomic E-state index is 0.0590.